The van der Waals surface area contributed by atoms with E-state index in [1.165, 1.54) is 38.2 Å². The molecule has 6 nitrogen and oxygen atoms in total. The van der Waals surface area contributed by atoms with Crippen molar-refractivity contribution in [1.29, 1.82) is 0 Å². The van der Waals surface area contributed by atoms with Crippen molar-refractivity contribution in [2.24, 2.45) is 5.14 Å². The van der Waals surface area contributed by atoms with Crippen molar-refractivity contribution in [3.8, 4) is 11.1 Å². The summed E-state index contributed by atoms with van der Waals surface area (Å²) in [6.07, 6.45) is 7.50. The highest BCUT2D eigenvalue weighted by atomic mass is 32.2. The lowest BCUT2D eigenvalue weighted by Crippen LogP contribution is -1.93. The normalized spacial score (nSPS) is 12.7. The highest BCUT2D eigenvalue weighted by Crippen LogP contribution is 2.33. The van der Waals surface area contributed by atoms with Gasteiger partial charge >= 0.3 is 0 Å². The number of nitrogens with zero attached hydrogens (tertiary/aromatic N) is 2. The maximum Gasteiger partial charge on any atom is 0.284 e. The summed E-state index contributed by atoms with van der Waals surface area (Å²) in [7, 11) is 0. The monoisotopic (exact) mass is 365 g/mol. The second-order valence-corrected chi connectivity index (χ2v) is 6.20. The Morgan fingerprint density at radius 3 is 2.12 bits per heavy atom. The fraction of sp³-hybridized carbons (Fsp3) is 0.500. The topological polar surface area (TPSA) is 95.2 Å². The van der Waals surface area contributed by atoms with Crippen LogP contribution in [0.25, 0.3) is 11.1 Å². The van der Waals surface area contributed by atoms with Crippen LogP contribution in [0.5, 0.6) is 0 Å². The number of nitrogens with two attached hydrogens (primary N) is 1. The molecule has 0 radical (unpaired) electrons. The van der Waals surface area contributed by atoms with E-state index in [0.29, 0.717) is 10.7 Å². The molecule has 0 saturated heterocycles. The molecule has 7 heteroatoms. The van der Waals surface area contributed by atoms with Gasteiger partial charge in [-0.15, -0.1) is 0 Å². The van der Waals surface area contributed by atoms with E-state index < -0.39 is 4.92 Å². The molecule has 1 aromatic heterocycles. The van der Waals surface area contributed by atoms with Gasteiger partial charge in [-0.25, -0.2) is 0 Å². The summed E-state index contributed by atoms with van der Waals surface area (Å²) in [5, 5.41) is 20.1. The van der Waals surface area contributed by atoms with E-state index in [9.17, 15) is 10.1 Å². The molecule has 138 valence electrons. The predicted molar refractivity (Wildman–Crippen MR) is 103 cm³/mol. The van der Waals surface area contributed by atoms with E-state index in [-0.39, 0.29) is 5.69 Å². The lowest BCUT2D eigenvalue weighted by molar-refractivity contribution is -0.387. The van der Waals surface area contributed by atoms with Gasteiger partial charge in [0.05, 0.1) is 10.6 Å². The minimum Gasteiger partial charge on any atom is -0.361 e. The molecule has 1 saturated carbocycles. The summed E-state index contributed by atoms with van der Waals surface area (Å²) in [5.41, 5.74) is 2.40. The van der Waals surface area contributed by atoms with Crippen molar-refractivity contribution >= 4 is 17.6 Å². The van der Waals surface area contributed by atoms with Crippen LogP contribution in [0.15, 0.2) is 27.6 Å². The standard InChI is InChI=1S/C11H11N3O3S.C5H10.C2H6/c1-6-11(7(2)17-13-6)8-3-4-9(14(15)16)10(5-8)18-12;1-2-4-5-3-1;1-2/h3-5H,12H2,1-2H3;1-5H2;1-2H3. The molecular weight excluding hydrogens is 338 g/mol. The van der Waals surface area contributed by atoms with Gasteiger partial charge in [-0.1, -0.05) is 51.1 Å². The van der Waals surface area contributed by atoms with Crippen LogP contribution in [0.3, 0.4) is 0 Å². The smallest absolute Gasteiger partial charge is 0.284 e. The molecule has 1 fully saturated rings. The van der Waals surface area contributed by atoms with E-state index in [1.54, 1.807) is 19.1 Å². The first-order chi connectivity index (χ1) is 12.0. The fourth-order valence-corrected chi connectivity index (χ4v) is 3.15. The first kappa shape index (κ1) is 21.2. The summed E-state index contributed by atoms with van der Waals surface area (Å²) in [4.78, 5) is 10.8. The third kappa shape index (κ3) is 5.86. The quantitative estimate of drug-likeness (QED) is 0.419. The van der Waals surface area contributed by atoms with Crippen molar-refractivity contribution in [2.45, 2.75) is 64.7 Å². The second-order valence-electron chi connectivity index (χ2n) is 5.52. The van der Waals surface area contributed by atoms with Gasteiger partial charge in [0, 0.05) is 11.6 Å². The third-order valence-electron chi connectivity index (χ3n) is 3.86. The van der Waals surface area contributed by atoms with Crippen LogP contribution in [0, 0.1) is 24.0 Å². The Labute approximate surface area is 153 Å². The van der Waals surface area contributed by atoms with Gasteiger partial charge in [-0.3, -0.25) is 15.3 Å². The minimum atomic E-state index is -0.452. The molecule has 3 rings (SSSR count). The summed E-state index contributed by atoms with van der Waals surface area (Å²) in [5.74, 6) is 0.675. The van der Waals surface area contributed by atoms with Gasteiger partial charge in [-0.2, -0.15) is 0 Å². The summed E-state index contributed by atoms with van der Waals surface area (Å²) >= 11 is 0.854. The minimum absolute atomic E-state index is 0.00184. The van der Waals surface area contributed by atoms with Crippen molar-refractivity contribution in [1.82, 2.24) is 5.16 Å². The van der Waals surface area contributed by atoms with Crippen molar-refractivity contribution in [2.75, 3.05) is 0 Å². The average Bonchev–Trinajstić information content (AvgIpc) is 3.30. The lowest BCUT2D eigenvalue weighted by Gasteiger charge is -2.03. The maximum absolute atomic E-state index is 10.8. The van der Waals surface area contributed by atoms with Crippen LogP contribution >= 0.6 is 11.9 Å². The molecule has 0 unspecified atom stereocenters. The number of benzene rings is 1. The molecule has 0 atom stereocenters. The van der Waals surface area contributed by atoms with Crippen LogP contribution in [-0.2, 0) is 0 Å². The molecule has 2 aromatic rings. The Balaban J connectivity index is 0.000000376. The van der Waals surface area contributed by atoms with Gasteiger partial charge in [0.2, 0.25) is 0 Å². The number of nitro groups is 1. The highest BCUT2D eigenvalue weighted by molar-refractivity contribution is 7.97. The first-order valence-corrected chi connectivity index (χ1v) is 9.51. The Hall–Kier alpha value is -1.86. The van der Waals surface area contributed by atoms with Crippen molar-refractivity contribution in [3.05, 3.63) is 39.8 Å². The van der Waals surface area contributed by atoms with E-state index in [1.807, 2.05) is 20.8 Å². The van der Waals surface area contributed by atoms with E-state index >= 15 is 0 Å². The zero-order valence-corrected chi connectivity index (χ0v) is 16.2. The van der Waals surface area contributed by atoms with Gasteiger partial charge in [0.15, 0.2) is 0 Å². The van der Waals surface area contributed by atoms with Gasteiger partial charge < -0.3 is 4.52 Å². The van der Waals surface area contributed by atoms with Gasteiger partial charge in [0.1, 0.15) is 10.7 Å². The van der Waals surface area contributed by atoms with Gasteiger partial charge in [-0.05, 0) is 43.5 Å². The number of hydrogen-bond donors (Lipinski definition) is 1. The molecule has 1 aliphatic carbocycles. The molecule has 0 spiro atoms. The Bertz CT molecular complexity index is 655. The lowest BCUT2D eigenvalue weighted by atomic mass is 10.0. The molecule has 25 heavy (non-hydrogen) atoms. The van der Waals surface area contributed by atoms with Crippen LogP contribution in [-0.4, -0.2) is 10.1 Å². The number of nitro benzene ring substituents is 1. The Morgan fingerprint density at radius 2 is 1.72 bits per heavy atom. The number of aromatic nitrogens is 1. The highest BCUT2D eigenvalue weighted by Gasteiger charge is 2.17. The van der Waals surface area contributed by atoms with Gasteiger partial charge in [0.25, 0.3) is 5.69 Å². The van der Waals surface area contributed by atoms with Crippen molar-refractivity contribution < 1.29 is 9.45 Å². The SMILES string of the molecule is C1CCCC1.CC.Cc1noc(C)c1-c1ccc([N+](=O)[O-])c(SN)c1. The maximum atomic E-state index is 10.8. The van der Waals surface area contributed by atoms with E-state index in [2.05, 4.69) is 5.16 Å². The molecule has 1 aromatic carbocycles. The molecule has 1 aliphatic rings. The fourth-order valence-electron chi connectivity index (χ4n) is 2.69. The zero-order valence-electron chi connectivity index (χ0n) is 15.4. The molecule has 0 amide bonds. The molecular formula is C18H27N3O3S. The first-order valence-electron chi connectivity index (χ1n) is 8.63. The van der Waals surface area contributed by atoms with Crippen LogP contribution in [0.1, 0.15) is 57.4 Å². The zero-order chi connectivity index (χ0) is 18.8. The molecule has 0 bridgehead atoms. The Morgan fingerprint density at radius 1 is 1.16 bits per heavy atom. The largest absolute Gasteiger partial charge is 0.361 e. The molecule has 1 heterocycles. The van der Waals surface area contributed by atoms with Crippen LogP contribution < -0.4 is 5.14 Å². The summed E-state index contributed by atoms with van der Waals surface area (Å²) < 4.78 is 5.08. The summed E-state index contributed by atoms with van der Waals surface area (Å²) in [6.45, 7) is 7.62. The third-order valence-corrected chi connectivity index (χ3v) is 4.44. The van der Waals surface area contributed by atoms with E-state index in [0.717, 1.165) is 28.8 Å². The number of aryl methyl sites for hydroxylation is 2. The summed E-state index contributed by atoms with van der Waals surface area (Å²) in [6, 6.07) is 4.79. The average molecular weight is 365 g/mol. The van der Waals surface area contributed by atoms with Crippen LogP contribution in [0.4, 0.5) is 5.69 Å². The van der Waals surface area contributed by atoms with E-state index in [4.69, 9.17) is 9.66 Å². The van der Waals surface area contributed by atoms with Crippen LogP contribution in [0.2, 0.25) is 0 Å². The molecule has 0 aliphatic heterocycles. The molecule has 2 N–H and O–H groups in total. The Kier molecular flexibility index (Phi) is 9.23. The number of rotatable bonds is 3. The number of hydrogen-bond acceptors (Lipinski definition) is 6. The second kappa shape index (κ2) is 10.9. The van der Waals surface area contributed by atoms with Crippen molar-refractivity contribution in [3.63, 3.8) is 0 Å². The predicted octanol–water partition coefficient (Wildman–Crippen LogP) is 5.81.